The lowest BCUT2D eigenvalue weighted by molar-refractivity contribution is 0.473. The van der Waals surface area contributed by atoms with Crippen molar-refractivity contribution in [3.8, 4) is 0 Å². The van der Waals surface area contributed by atoms with E-state index in [9.17, 15) is 8.78 Å². The van der Waals surface area contributed by atoms with Gasteiger partial charge in [-0.05, 0) is 46.9 Å². The number of halogens is 3. The highest BCUT2D eigenvalue weighted by Crippen LogP contribution is 2.30. The Morgan fingerprint density at radius 1 is 1.24 bits per heavy atom. The van der Waals surface area contributed by atoms with E-state index in [2.05, 4.69) is 35.1 Å². The van der Waals surface area contributed by atoms with Gasteiger partial charge in [0.25, 0.3) is 0 Å². The molecule has 0 spiro atoms. The molecule has 1 N–H and O–H groups in total. The Kier molecular flexibility index (Phi) is 6.06. The number of nitrogens with one attached hydrogen (secondary N) is 1. The average molecular weight is 306 g/mol. The van der Waals surface area contributed by atoms with Gasteiger partial charge < -0.3 is 5.32 Å². The first-order valence-corrected chi connectivity index (χ1v) is 6.77. The quantitative estimate of drug-likeness (QED) is 0.759. The predicted molar refractivity (Wildman–Crippen MR) is 70.0 cm³/mol. The van der Waals surface area contributed by atoms with Crippen molar-refractivity contribution >= 4 is 15.9 Å². The molecule has 0 saturated heterocycles. The molecule has 17 heavy (non-hydrogen) atoms. The summed E-state index contributed by atoms with van der Waals surface area (Å²) in [6.07, 6.45) is 2.91. The minimum Gasteiger partial charge on any atom is -0.310 e. The van der Waals surface area contributed by atoms with Gasteiger partial charge >= 0.3 is 0 Å². The fraction of sp³-hybridized carbons (Fsp3) is 0.538. The van der Waals surface area contributed by atoms with Crippen LogP contribution in [0.25, 0.3) is 0 Å². The van der Waals surface area contributed by atoms with Crippen LogP contribution in [0.3, 0.4) is 0 Å². The molecule has 0 aliphatic heterocycles. The molecule has 0 aromatic heterocycles. The lowest BCUT2D eigenvalue weighted by atomic mass is 10.0. The fourth-order valence-electron chi connectivity index (χ4n) is 1.78. The highest BCUT2D eigenvalue weighted by Gasteiger charge is 2.17. The third-order valence-electron chi connectivity index (χ3n) is 2.66. The highest BCUT2D eigenvalue weighted by atomic mass is 79.9. The van der Waals surface area contributed by atoms with Crippen molar-refractivity contribution in [1.82, 2.24) is 5.32 Å². The molecule has 1 aromatic carbocycles. The van der Waals surface area contributed by atoms with Crippen LogP contribution in [0.15, 0.2) is 16.6 Å². The van der Waals surface area contributed by atoms with Gasteiger partial charge in [-0.1, -0.05) is 26.3 Å². The maximum Gasteiger partial charge on any atom is 0.173 e. The van der Waals surface area contributed by atoms with Gasteiger partial charge in [0.05, 0.1) is 4.47 Å². The monoisotopic (exact) mass is 305 g/mol. The van der Waals surface area contributed by atoms with Gasteiger partial charge in [-0.25, -0.2) is 8.78 Å². The molecule has 0 bridgehead atoms. The zero-order valence-corrected chi connectivity index (χ0v) is 11.8. The largest absolute Gasteiger partial charge is 0.310 e. The second kappa shape index (κ2) is 7.07. The summed E-state index contributed by atoms with van der Waals surface area (Å²) in [4.78, 5) is 0. The van der Waals surface area contributed by atoms with Crippen LogP contribution in [0.1, 0.15) is 44.7 Å². The summed E-state index contributed by atoms with van der Waals surface area (Å²) in [5, 5.41) is 3.36. The summed E-state index contributed by atoms with van der Waals surface area (Å²) in [5.41, 5.74) is 0.791. The van der Waals surface area contributed by atoms with Crippen LogP contribution in [0.2, 0.25) is 0 Å². The fourth-order valence-corrected chi connectivity index (χ4v) is 2.38. The molecule has 4 heteroatoms. The van der Waals surface area contributed by atoms with E-state index in [1.165, 1.54) is 6.07 Å². The molecule has 0 aliphatic carbocycles. The standard InChI is InChI=1S/C13H18BrF2N/c1-3-5-11(17-8-4-2)9-6-7-10(15)13(16)12(9)14/h6-7,11,17H,3-5,8H2,1-2H3. The van der Waals surface area contributed by atoms with Crippen molar-refractivity contribution in [2.24, 2.45) is 0 Å². The first kappa shape index (κ1) is 14.6. The average Bonchev–Trinajstić information content (AvgIpc) is 2.32. The maximum atomic E-state index is 13.5. The van der Waals surface area contributed by atoms with Crippen LogP contribution < -0.4 is 5.32 Å². The molecular formula is C13H18BrF2N. The minimum atomic E-state index is -0.814. The van der Waals surface area contributed by atoms with E-state index in [0.717, 1.165) is 31.4 Å². The van der Waals surface area contributed by atoms with E-state index in [0.29, 0.717) is 0 Å². The Morgan fingerprint density at radius 2 is 1.94 bits per heavy atom. The molecule has 0 aliphatic rings. The predicted octanol–water partition coefficient (Wildman–Crippen LogP) is 4.57. The Hall–Kier alpha value is -0.480. The van der Waals surface area contributed by atoms with Crippen molar-refractivity contribution < 1.29 is 8.78 Å². The molecule has 0 amide bonds. The van der Waals surface area contributed by atoms with E-state index in [4.69, 9.17) is 0 Å². The Labute approximate surface area is 110 Å². The first-order chi connectivity index (χ1) is 8.11. The lowest BCUT2D eigenvalue weighted by Gasteiger charge is -2.20. The zero-order valence-electron chi connectivity index (χ0n) is 10.2. The van der Waals surface area contributed by atoms with Crippen LogP contribution in [-0.4, -0.2) is 6.54 Å². The van der Waals surface area contributed by atoms with Crippen molar-refractivity contribution in [2.45, 2.75) is 39.2 Å². The molecule has 0 fully saturated rings. The van der Waals surface area contributed by atoms with E-state index in [1.54, 1.807) is 6.07 Å². The normalized spacial score (nSPS) is 12.8. The Bertz CT molecular complexity index is 369. The minimum absolute atomic E-state index is 0.0735. The van der Waals surface area contributed by atoms with Crippen LogP contribution in [0.5, 0.6) is 0 Å². The summed E-state index contributed by atoms with van der Waals surface area (Å²) >= 11 is 3.14. The summed E-state index contributed by atoms with van der Waals surface area (Å²) in [6.45, 7) is 5.03. The Morgan fingerprint density at radius 3 is 2.53 bits per heavy atom. The summed E-state index contributed by atoms with van der Waals surface area (Å²) in [7, 11) is 0. The van der Waals surface area contributed by atoms with Gasteiger partial charge in [0, 0.05) is 6.04 Å². The van der Waals surface area contributed by atoms with Gasteiger partial charge in [0.2, 0.25) is 0 Å². The van der Waals surface area contributed by atoms with Crippen LogP contribution in [0.4, 0.5) is 8.78 Å². The van der Waals surface area contributed by atoms with E-state index >= 15 is 0 Å². The Balaban J connectivity index is 2.97. The molecule has 0 saturated carbocycles. The van der Waals surface area contributed by atoms with E-state index < -0.39 is 11.6 Å². The van der Waals surface area contributed by atoms with E-state index in [1.807, 2.05) is 0 Å². The van der Waals surface area contributed by atoms with Gasteiger partial charge in [-0.2, -0.15) is 0 Å². The second-order valence-corrected chi connectivity index (χ2v) is 4.85. The number of hydrogen-bond donors (Lipinski definition) is 1. The topological polar surface area (TPSA) is 12.0 Å². The van der Waals surface area contributed by atoms with Crippen LogP contribution in [-0.2, 0) is 0 Å². The first-order valence-electron chi connectivity index (χ1n) is 5.98. The molecule has 1 rings (SSSR count). The molecule has 1 unspecified atom stereocenters. The highest BCUT2D eigenvalue weighted by molar-refractivity contribution is 9.10. The van der Waals surface area contributed by atoms with Crippen LogP contribution in [0, 0.1) is 11.6 Å². The summed E-state index contributed by atoms with van der Waals surface area (Å²) < 4.78 is 26.7. The summed E-state index contributed by atoms with van der Waals surface area (Å²) in [6, 6.07) is 2.90. The molecule has 0 heterocycles. The van der Waals surface area contributed by atoms with Gasteiger partial charge in [-0.15, -0.1) is 0 Å². The van der Waals surface area contributed by atoms with Crippen molar-refractivity contribution in [1.29, 1.82) is 0 Å². The molecule has 1 nitrogen and oxygen atoms in total. The van der Waals surface area contributed by atoms with Crippen LogP contribution >= 0.6 is 15.9 Å². The van der Waals surface area contributed by atoms with Crippen molar-refractivity contribution in [2.75, 3.05) is 6.54 Å². The lowest BCUT2D eigenvalue weighted by Crippen LogP contribution is -2.22. The van der Waals surface area contributed by atoms with Crippen molar-refractivity contribution in [3.05, 3.63) is 33.8 Å². The van der Waals surface area contributed by atoms with E-state index in [-0.39, 0.29) is 10.5 Å². The van der Waals surface area contributed by atoms with Gasteiger partial charge in [-0.3, -0.25) is 0 Å². The third-order valence-corrected chi connectivity index (χ3v) is 3.46. The van der Waals surface area contributed by atoms with Gasteiger partial charge in [0.1, 0.15) is 0 Å². The molecular weight excluding hydrogens is 288 g/mol. The second-order valence-electron chi connectivity index (χ2n) is 4.06. The number of benzene rings is 1. The molecule has 1 atom stereocenters. The molecule has 0 radical (unpaired) electrons. The zero-order chi connectivity index (χ0) is 12.8. The SMILES string of the molecule is CCCNC(CCC)c1ccc(F)c(F)c1Br. The summed E-state index contributed by atoms with van der Waals surface area (Å²) in [5.74, 6) is -1.62. The molecule has 1 aromatic rings. The number of hydrogen-bond acceptors (Lipinski definition) is 1. The maximum absolute atomic E-state index is 13.5. The van der Waals surface area contributed by atoms with Gasteiger partial charge in [0.15, 0.2) is 11.6 Å². The number of rotatable bonds is 6. The molecule has 96 valence electrons. The third kappa shape index (κ3) is 3.75. The van der Waals surface area contributed by atoms with Crippen molar-refractivity contribution in [3.63, 3.8) is 0 Å². The smallest absolute Gasteiger partial charge is 0.173 e.